The average Bonchev–Trinajstić information content (AvgIpc) is 3.37. The Labute approximate surface area is 174 Å². The normalized spacial score (nSPS) is 11.3. The van der Waals surface area contributed by atoms with Gasteiger partial charge >= 0.3 is 0 Å². The summed E-state index contributed by atoms with van der Waals surface area (Å²) in [6, 6.07) is 13.1. The third kappa shape index (κ3) is 4.26. The molecule has 1 N–H and O–H groups in total. The number of aryl methyl sites for hydroxylation is 1. The van der Waals surface area contributed by atoms with E-state index in [0.29, 0.717) is 41.3 Å². The second kappa shape index (κ2) is 8.51. The van der Waals surface area contributed by atoms with Crippen LogP contribution in [0.15, 0.2) is 57.7 Å². The predicted molar refractivity (Wildman–Crippen MR) is 112 cm³/mol. The molecule has 7 nitrogen and oxygen atoms in total. The SMILES string of the molecule is Cc1noc2nc(C(C)C)cc(C(=O)Nc3cccc(COCc4ccco4)c3)c12. The number of nitrogens with one attached hydrogen (secondary N) is 1. The zero-order chi connectivity index (χ0) is 21.1. The molecule has 4 rings (SSSR count). The van der Waals surface area contributed by atoms with Gasteiger partial charge in [-0.25, -0.2) is 4.98 Å². The Balaban J connectivity index is 1.52. The monoisotopic (exact) mass is 405 g/mol. The molecule has 0 fully saturated rings. The second-order valence-corrected chi connectivity index (χ2v) is 7.42. The summed E-state index contributed by atoms with van der Waals surface area (Å²) in [7, 11) is 0. The van der Waals surface area contributed by atoms with Crippen molar-refractivity contribution in [3.05, 3.63) is 77.0 Å². The summed E-state index contributed by atoms with van der Waals surface area (Å²) in [5.74, 6) is 0.691. The minimum atomic E-state index is -0.232. The summed E-state index contributed by atoms with van der Waals surface area (Å²) in [5, 5.41) is 7.58. The van der Waals surface area contributed by atoms with Gasteiger partial charge in [-0.2, -0.15) is 0 Å². The van der Waals surface area contributed by atoms with E-state index in [1.54, 1.807) is 13.2 Å². The molecule has 0 unspecified atom stereocenters. The van der Waals surface area contributed by atoms with Crippen molar-refractivity contribution in [3.8, 4) is 0 Å². The van der Waals surface area contributed by atoms with Crippen molar-refractivity contribution in [2.24, 2.45) is 0 Å². The van der Waals surface area contributed by atoms with Crippen molar-refractivity contribution in [1.82, 2.24) is 10.1 Å². The van der Waals surface area contributed by atoms with E-state index in [0.717, 1.165) is 17.0 Å². The van der Waals surface area contributed by atoms with Gasteiger partial charge in [-0.1, -0.05) is 31.1 Å². The zero-order valence-electron chi connectivity index (χ0n) is 17.1. The maximum atomic E-state index is 13.1. The number of benzene rings is 1. The van der Waals surface area contributed by atoms with Crippen LogP contribution in [-0.4, -0.2) is 16.0 Å². The van der Waals surface area contributed by atoms with Crippen LogP contribution in [0.25, 0.3) is 11.1 Å². The fraction of sp³-hybridized carbons (Fsp3) is 0.261. The Morgan fingerprint density at radius 1 is 1.17 bits per heavy atom. The van der Waals surface area contributed by atoms with Crippen LogP contribution in [0.1, 0.15) is 52.8 Å². The van der Waals surface area contributed by atoms with Crippen molar-refractivity contribution in [2.75, 3.05) is 5.32 Å². The molecule has 3 aromatic heterocycles. The van der Waals surface area contributed by atoms with Crippen LogP contribution >= 0.6 is 0 Å². The minimum Gasteiger partial charge on any atom is -0.467 e. The third-order valence-corrected chi connectivity index (χ3v) is 4.75. The maximum absolute atomic E-state index is 13.1. The quantitative estimate of drug-likeness (QED) is 0.453. The summed E-state index contributed by atoms with van der Waals surface area (Å²) in [6.45, 7) is 6.64. The first-order valence-electron chi connectivity index (χ1n) is 9.78. The van der Waals surface area contributed by atoms with Gasteiger partial charge in [-0.05, 0) is 48.7 Å². The van der Waals surface area contributed by atoms with Crippen LogP contribution in [0, 0.1) is 6.92 Å². The summed E-state index contributed by atoms with van der Waals surface area (Å²) >= 11 is 0. The van der Waals surface area contributed by atoms with Crippen molar-refractivity contribution in [2.45, 2.75) is 39.9 Å². The number of rotatable bonds is 7. The minimum absolute atomic E-state index is 0.154. The summed E-state index contributed by atoms with van der Waals surface area (Å²) in [5.41, 5.74) is 3.93. The number of carbonyl (C=O) groups is 1. The summed E-state index contributed by atoms with van der Waals surface area (Å²) in [4.78, 5) is 17.6. The van der Waals surface area contributed by atoms with Gasteiger partial charge in [0.05, 0.1) is 29.5 Å². The van der Waals surface area contributed by atoms with E-state index in [-0.39, 0.29) is 11.8 Å². The number of furan rings is 1. The molecule has 0 saturated carbocycles. The summed E-state index contributed by atoms with van der Waals surface area (Å²) in [6.07, 6.45) is 1.62. The maximum Gasteiger partial charge on any atom is 0.259 e. The topological polar surface area (TPSA) is 90.4 Å². The number of hydrogen-bond donors (Lipinski definition) is 1. The van der Waals surface area contributed by atoms with Crippen LogP contribution in [0.4, 0.5) is 5.69 Å². The third-order valence-electron chi connectivity index (χ3n) is 4.75. The highest BCUT2D eigenvalue weighted by molar-refractivity contribution is 6.12. The lowest BCUT2D eigenvalue weighted by molar-refractivity contribution is 0.0929. The molecule has 0 saturated heterocycles. The van der Waals surface area contributed by atoms with E-state index in [1.165, 1.54) is 0 Å². The van der Waals surface area contributed by atoms with E-state index in [9.17, 15) is 4.79 Å². The Hall–Kier alpha value is -3.45. The summed E-state index contributed by atoms with van der Waals surface area (Å²) < 4.78 is 16.2. The molecule has 4 aromatic rings. The molecule has 3 heterocycles. The smallest absolute Gasteiger partial charge is 0.259 e. The van der Waals surface area contributed by atoms with Gasteiger partial charge in [0.1, 0.15) is 12.4 Å². The van der Waals surface area contributed by atoms with Gasteiger partial charge in [0.2, 0.25) is 0 Å². The standard InChI is InChI=1S/C23H23N3O4/c1-14(2)20-11-19(21-15(3)26-30-23(21)25-20)22(27)24-17-7-4-6-16(10-17)12-28-13-18-8-5-9-29-18/h4-11,14H,12-13H2,1-3H3,(H,24,27). The fourth-order valence-electron chi connectivity index (χ4n) is 3.19. The van der Waals surface area contributed by atoms with Gasteiger partial charge in [-0.15, -0.1) is 0 Å². The number of aromatic nitrogens is 2. The molecule has 0 atom stereocenters. The van der Waals surface area contributed by atoms with E-state index in [4.69, 9.17) is 13.7 Å². The molecule has 0 bridgehead atoms. The largest absolute Gasteiger partial charge is 0.467 e. The molecule has 0 radical (unpaired) electrons. The van der Waals surface area contributed by atoms with E-state index < -0.39 is 0 Å². The van der Waals surface area contributed by atoms with E-state index >= 15 is 0 Å². The molecule has 1 aromatic carbocycles. The molecular formula is C23H23N3O4. The van der Waals surface area contributed by atoms with Gasteiger partial charge in [-0.3, -0.25) is 4.79 Å². The fourth-order valence-corrected chi connectivity index (χ4v) is 3.19. The number of fused-ring (bicyclic) bond motifs is 1. The zero-order valence-corrected chi connectivity index (χ0v) is 17.1. The van der Waals surface area contributed by atoms with Crippen molar-refractivity contribution in [1.29, 1.82) is 0 Å². The second-order valence-electron chi connectivity index (χ2n) is 7.42. The van der Waals surface area contributed by atoms with E-state index in [2.05, 4.69) is 15.5 Å². The number of pyridine rings is 1. The highest BCUT2D eigenvalue weighted by Gasteiger charge is 2.20. The molecule has 7 heteroatoms. The van der Waals surface area contributed by atoms with Crippen molar-refractivity contribution < 1.29 is 18.5 Å². The number of amides is 1. The molecule has 0 aliphatic carbocycles. The van der Waals surface area contributed by atoms with Crippen LogP contribution in [-0.2, 0) is 18.0 Å². The number of carbonyl (C=O) groups excluding carboxylic acids is 1. The highest BCUT2D eigenvalue weighted by atomic mass is 16.5. The lowest BCUT2D eigenvalue weighted by Gasteiger charge is -2.11. The first kappa shape index (κ1) is 19.8. The van der Waals surface area contributed by atoms with Crippen LogP contribution in [0.3, 0.4) is 0 Å². The molecular weight excluding hydrogens is 382 g/mol. The lowest BCUT2D eigenvalue weighted by Crippen LogP contribution is -2.14. The first-order chi connectivity index (χ1) is 14.5. The van der Waals surface area contributed by atoms with Crippen molar-refractivity contribution >= 4 is 22.7 Å². The van der Waals surface area contributed by atoms with Gasteiger partial charge in [0.15, 0.2) is 0 Å². The van der Waals surface area contributed by atoms with Gasteiger partial charge in [0, 0.05) is 11.4 Å². The number of ether oxygens (including phenoxy) is 1. The first-order valence-corrected chi connectivity index (χ1v) is 9.78. The lowest BCUT2D eigenvalue weighted by atomic mass is 10.0. The number of anilines is 1. The molecule has 154 valence electrons. The Bertz CT molecular complexity index is 1160. The average molecular weight is 405 g/mol. The predicted octanol–water partition coefficient (Wildman–Crippen LogP) is 5.22. The number of nitrogens with zero attached hydrogens (tertiary/aromatic N) is 2. The van der Waals surface area contributed by atoms with Crippen LogP contribution < -0.4 is 5.32 Å². The molecule has 0 aliphatic rings. The van der Waals surface area contributed by atoms with E-state index in [1.807, 2.05) is 56.3 Å². The Kier molecular flexibility index (Phi) is 5.63. The van der Waals surface area contributed by atoms with Crippen LogP contribution in [0.5, 0.6) is 0 Å². The Morgan fingerprint density at radius 3 is 2.80 bits per heavy atom. The highest BCUT2D eigenvalue weighted by Crippen LogP contribution is 2.26. The number of hydrogen-bond acceptors (Lipinski definition) is 6. The van der Waals surface area contributed by atoms with Gasteiger partial charge in [0.25, 0.3) is 11.6 Å². The molecule has 0 aliphatic heterocycles. The molecule has 0 spiro atoms. The van der Waals surface area contributed by atoms with Crippen molar-refractivity contribution in [3.63, 3.8) is 0 Å². The molecule has 1 amide bonds. The molecule has 30 heavy (non-hydrogen) atoms. The Morgan fingerprint density at radius 2 is 2.03 bits per heavy atom. The van der Waals surface area contributed by atoms with Gasteiger partial charge < -0.3 is 19.0 Å². The van der Waals surface area contributed by atoms with Crippen LogP contribution in [0.2, 0.25) is 0 Å².